The maximum absolute atomic E-state index is 12.7. The van der Waals surface area contributed by atoms with Gasteiger partial charge in [-0.05, 0) is 30.2 Å². The van der Waals surface area contributed by atoms with Gasteiger partial charge in [-0.1, -0.05) is 17.7 Å². The highest BCUT2D eigenvalue weighted by molar-refractivity contribution is 6.33. The summed E-state index contributed by atoms with van der Waals surface area (Å²) in [6.45, 7) is 0.300. The minimum Gasteiger partial charge on any atom is -0.396 e. The van der Waals surface area contributed by atoms with E-state index in [1.807, 2.05) is 6.07 Å². The van der Waals surface area contributed by atoms with Crippen LogP contribution in [-0.4, -0.2) is 33.6 Å². The standard InChI is InChI=1S/C18H15ClN4O3/c19-12-5-6-21-16(15(12)20)9-1-2-11-10(7-9)8-23(18(11)26)13-3-4-14(24)22-17(13)25/h1-2,5-7,13H,3-4,8,20H2,(H,22,24,25). The Morgan fingerprint density at radius 1 is 1.23 bits per heavy atom. The van der Waals surface area contributed by atoms with E-state index in [-0.39, 0.29) is 18.2 Å². The van der Waals surface area contributed by atoms with Crippen LogP contribution in [0.1, 0.15) is 28.8 Å². The van der Waals surface area contributed by atoms with Crippen molar-refractivity contribution in [2.24, 2.45) is 0 Å². The van der Waals surface area contributed by atoms with Gasteiger partial charge < -0.3 is 10.6 Å². The lowest BCUT2D eigenvalue weighted by atomic mass is 10.0. The van der Waals surface area contributed by atoms with Crippen LogP contribution in [-0.2, 0) is 16.1 Å². The predicted molar refractivity (Wildman–Crippen MR) is 95.1 cm³/mol. The van der Waals surface area contributed by atoms with Crippen molar-refractivity contribution < 1.29 is 14.4 Å². The number of nitrogens with zero attached hydrogens (tertiary/aromatic N) is 2. The summed E-state index contributed by atoms with van der Waals surface area (Å²) in [6, 6.07) is 6.29. The van der Waals surface area contributed by atoms with Gasteiger partial charge in [-0.3, -0.25) is 24.7 Å². The number of fused-ring (bicyclic) bond motifs is 1. The van der Waals surface area contributed by atoms with E-state index < -0.39 is 11.9 Å². The van der Waals surface area contributed by atoms with Gasteiger partial charge in [0.25, 0.3) is 5.91 Å². The predicted octanol–water partition coefficient (Wildman–Crippen LogP) is 1.75. The summed E-state index contributed by atoms with van der Waals surface area (Å²) in [5, 5.41) is 2.71. The van der Waals surface area contributed by atoms with Gasteiger partial charge in [0.05, 0.1) is 16.4 Å². The molecular weight excluding hydrogens is 356 g/mol. The summed E-state index contributed by atoms with van der Waals surface area (Å²) >= 11 is 6.06. The molecule has 132 valence electrons. The maximum Gasteiger partial charge on any atom is 0.255 e. The highest BCUT2D eigenvalue weighted by Crippen LogP contribution is 2.34. The van der Waals surface area contributed by atoms with Gasteiger partial charge in [-0.2, -0.15) is 0 Å². The Hall–Kier alpha value is -2.93. The zero-order valence-corrected chi connectivity index (χ0v) is 14.4. The van der Waals surface area contributed by atoms with E-state index in [1.165, 1.54) is 4.90 Å². The zero-order chi connectivity index (χ0) is 18.4. The molecule has 4 rings (SSSR count). The van der Waals surface area contributed by atoms with Gasteiger partial charge in [0.2, 0.25) is 11.8 Å². The van der Waals surface area contributed by atoms with E-state index in [4.69, 9.17) is 17.3 Å². The van der Waals surface area contributed by atoms with Crippen molar-refractivity contribution in [2.75, 3.05) is 5.73 Å². The molecule has 3 N–H and O–H groups in total. The Bertz CT molecular complexity index is 959. The number of pyridine rings is 1. The number of benzene rings is 1. The number of hydrogen-bond acceptors (Lipinski definition) is 5. The lowest BCUT2D eigenvalue weighted by Crippen LogP contribution is -2.52. The van der Waals surface area contributed by atoms with Crippen LogP contribution in [0.15, 0.2) is 30.5 Å². The topological polar surface area (TPSA) is 105 Å². The monoisotopic (exact) mass is 370 g/mol. The average Bonchev–Trinajstić information content (AvgIpc) is 2.93. The molecule has 0 spiro atoms. The second-order valence-electron chi connectivity index (χ2n) is 6.33. The second kappa shape index (κ2) is 6.10. The Morgan fingerprint density at radius 2 is 2.04 bits per heavy atom. The second-order valence-corrected chi connectivity index (χ2v) is 6.73. The van der Waals surface area contributed by atoms with Crippen molar-refractivity contribution in [3.63, 3.8) is 0 Å². The number of carbonyl (C=O) groups excluding carboxylic acids is 3. The fraction of sp³-hybridized carbons (Fsp3) is 0.222. The highest BCUT2D eigenvalue weighted by atomic mass is 35.5. The van der Waals surface area contributed by atoms with E-state index in [0.29, 0.717) is 34.9 Å². The van der Waals surface area contributed by atoms with Crippen molar-refractivity contribution in [3.05, 3.63) is 46.6 Å². The molecule has 1 saturated heterocycles. The Balaban J connectivity index is 1.66. The lowest BCUT2D eigenvalue weighted by molar-refractivity contribution is -0.136. The van der Waals surface area contributed by atoms with Crippen LogP contribution >= 0.6 is 11.6 Å². The smallest absolute Gasteiger partial charge is 0.255 e. The SMILES string of the molecule is Nc1c(Cl)ccnc1-c1ccc2c(c1)CN(C1CCC(=O)NC1=O)C2=O. The number of aromatic nitrogens is 1. The molecule has 3 heterocycles. The average molecular weight is 371 g/mol. The van der Waals surface area contributed by atoms with Crippen molar-refractivity contribution >= 4 is 35.0 Å². The molecule has 0 bridgehead atoms. The summed E-state index contributed by atoms with van der Waals surface area (Å²) in [6.07, 6.45) is 2.13. The largest absolute Gasteiger partial charge is 0.396 e. The highest BCUT2D eigenvalue weighted by Gasteiger charge is 2.39. The fourth-order valence-electron chi connectivity index (χ4n) is 3.40. The van der Waals surface area contributed by atoms with Crippen LogP contribution in [0.25, 0.3) is 11.3 Å². The number of imide groups is 1. The van der Waals surface area contributed by atoms with Crippen LogP contribution in [0, 0.1) is 0 Å². The van der Waals surface area contributed by atoms with E-state index in [1.54, 1.807) is 24.4 Å². The molecule has 3 amide bonds. The third-order valence-corrected chi connectivity index (χ3v) is 5.06. The van der Waals surface area contributed by atoms with E-state index in [2.05, 4.69) is 10.3 Å². The Kier molecular flexibility index (Phi) is 3.88. The fourth-order valence-corrected chi connectivity index (χ4v) is 3.55. The summed E-state index contributed by atoms with van der Waals surface area (Å²) in [5.41, 5.74) is 9.01. The van der Waals surface area contributed by atoms with Gasteiger partial charge in [0.1, 0.15) is 6.04 Å². The number of halogens is 1. The van der Waals surface area contributed by atoms with Crippen molar-refractivity contribution in [1.82, 2.24) is 15.2 Å². The number of anilines is 1. The van der Waals surface area contributed by atoms with Crippen molar-refractivity contribution in [3.8, 4) is 11.3 Å². The third-order valence-electron chi connectivity index (χ3n) is 4.73. The first kappa shape index (κ1) is 16.5. The number of nitrogens with one attached hydrogen (secondary N) is 1. The van der Waals surface area contributed by atoms with Crippen molar-refractivity contribution in [1.29, 1.82) is 0 Å². The number of nitrogens with two attached hydrogens (primary N) is 1. The van der Waals surface area contributed by atoms with Crippen LogP contribution in [0.3, 0.4) is 0 Å². The zero-order valence-electron chi connectivity index (χ0n) is 13.7. The molecular formula is C18H15ClN4O3. The molecule has 0 radical (unpaired) electrons. The molecule has 0 aliphatic carbocycles. The maximum atomic E-state index is 12.7. The van der Waals surface area contributed by atoms with Gasteiger partial charge in [-0.25, -0.2) is 0 Å². The van der Waals surface area contributed by atoms with Crippen LogP contribution < -0.4 is 11.1 Å². The van der Waals surface area contributed by atoms with Gasteiger partial charge in [0.15, 0.2) is 0 Å². The molecule has 8 heteroatoms. The lowest BCUT2D eigenvalue weighted by Gasteiger charge is -2.29. The van der Waals surface area contributed by atoms with Gasteiger partial charge >= 0.3 is 0 Å². The molecule has 1 fully saturated rings. The molecule has 2 aliphatic heterocycles. The summed E-state index contributed by atoms with van der Waals surface area (Å²) < 4.78 is 0. The van der Waals surface area contributed by atoms with E-state index >= 15 is 0 Å². The molecule has 2 aliphatic rings. The number of carbonyl (C=O) groups is 3. The Morgan fingerprint density at radius 3 is 2.81 bits per heavy atom. The summed E-state index contributed by atoms with van der Waals surface area (Å²) in [7, 11) is 0. The number of hydrogen-bond donors (Lipinski definition) is 2. The van der Waals surface area contributed by atoms with Crippen LogP contribution in [0.5, 0.6) is 0 Å². The molecule has 1 aromatic carbocycles. The first-order chi connectivity index (χ1) is 12.5. The van der Waals surface area contributed by atoms with E-state index in [9.17, 15) is 14.4 Å². The van der Waals surface area contributed by atoms with E-state index in [0.717, 1.165) is 11.1 Å². The van der Waals surface area contributed by atoms with Crippen LogP contribution in [0.2, 0.25) is 5.02 Å². The number of amides is 3. The molecule has 26 heavy (non-hydrogen) atoms. The van der Waals surface area contributed by atoms with Gasteiger partial charge in [0, 0.05) is 30.3 Å². The number of piperidine rings is 1. The molecule has 0 saturated carbocycles. The first-order valence-electron chi connectivity index (χ1n) is 8.13. The number of rotatable bonds is 2. The van der Waals surface area contributed by atoms with Crippen LogP contribution in [0.4, 0.5) is 5.69 Å². The molecule has 7 nitrogen and oxygen atoms in total. The first-order valence-corrected chi connectivity index (χ1v) is 8.51. The molecule has 1 atom stereocenters. The molecule has 1 unspecified atom stereocenters. The number of nitrogen functional groups attached to an aromatic ring is 1. The third kappa shape index (κ3) is 2.61. The quantitative estimate of drug-likeness (QED) is 0.783. The summed E-state index contributed by atoms with van der Waals surface area (Å²) in [5.74, 6) is -0.948. The summed E-state index contributed by atoms with van der Waals surface area (Å²) in [4.78, 5) is 41.9. The van der Waals surface area contributed by atoms with Gasteiger partial charge in [-0.15, -0.1) is 0 Å². The minimum atomic E-state index is -0.634. The normalized spacial score (nSPS) is 19.5. The molecule has 2 aromatic rings. The minimum absolute atomic E-state index is 0.215. The van der Waals surface area contributed by atoms with Crippen molar-refractivity contribution in [2.45, 2.75) is 25.4 Å². The Labute approximate surface area is 154 Å². The molecule has 1 aromatic heterocycles.